The number of allylic oxidation sites excluding steroid dienone is 1. The fourth-order valence-electron chi connectivity index (χ4n) is 3.63. The van der Waals surface area contributed by atoms with E-state index in [1.807, 2.05) is 0 Å². The summed E-state index contributed by atoms with van der Waals surface area (Å²) < 4.78 is 11.2. The Hall–Kier alpha value is -2.63. The van der Waals surface area contributed by atoms with E-state index < -0.39 is 12.0 Å². The van der Waals surface area contributed by atoms with Crippen LogP contribution in [0, 0.1) is 0 Å². The summed E-state index contributed by atoms with van der Waals surface area (Å²) >= 11 is 0. The number of carbonyl (C=O) groups excluding carboxylic acids is 1. The predicted octanol–water partition coefficient (Wildman–Crippen LogP) is 3.94. The van der Waals surface area contributed by atoms with Crippen LogP contribution in [-0.2, 0) is 16.0 Å². The van der Waals surface area contributed by atoms with Gasteiger partial charge in [0, 0.05) is 12.1 Å². The summed E-state index contributed by atoms with van der Waals surface area (Å²) in [6, 6.07) is 16.2. The van der Waals surface area contributed by atoms with E-state index in [2.05, 4.69) is 54.6 Å². The van der Waals surface area contributed by atoms with Gasteiger partial charge in [0.1, 0.15) is 11.8 Å². The second-order valence-corrected chi connectivity index (χ2v) is 7.64. The van der Waals surface area contributed by atoms with Crippen molar-refractivity contribution < 1.29 is 14.3 Å². The molecule has 5 nitrogen and oxygen atoms in total. The number of carbonyl (C=O) groups is 1. The van der Waals surface area contributed by atoms with Gasteiger partial charge in [0.25, 0.3) is 0 Å². The van der Waals surface area contributed by atoms with Gasteiger partial charge in [-0.05, 0) is 67.4 Å². The molecule has 2 aromatic carbocycles. The lowest BCUT2D eigenvalue weighted by Crippen LogP contribution is -2.39. The molecule has 0 heterocycles. The van der Waals surface area contributed by atoms with Gasteiger partial charge in [-0.3, -0.25) is 4.79 Å². The summed E-state index contributed by atoms with van der Waals surface area (Å²) in [5, 5.41) is 0. The van der Waals surface area contributed by atoms with E-state index in [1.165, 1.54) is 22.3 Å². The first kappa shape index (κ1) is 22.1. The average molecular weight is 409 g/mol. The third-order valence-corrected chi connectivity index (χ3v) is 5.36. The van der Waals surface area contributed by atoms with Crippen molar-refractivity contribution in [2.24, 2.45) is 11.5 Å². The predicted molar refractivity (Wildman–Crippen MR) is 121 cm³/mol. The maximum atomic E-state index is 11.5. The van der Waals surface area contributed by atoms with E-state index in [0.29, 0.717) is 13.2 Å². The van der Waals surface area contributed by atoms with Gasteiger partial charge in [0.15, 0.2) is 0 Å². The first-order valence-corrected chi connectivity index (χ1v) is 10.8. The van der Waals surface area contributed by atoms with Crippen molar-refractivity contribution in [3.8, 4) is 5.75 Å². The van der Waals surface area contributed by atoms with Crippen LogP contribution < -0.4 is 16.2 Å². The first-order chi connectivity index (χ1) is 14.7. The Morgan fingerprint density at radius 3 is 2.57 bits per heavy atom. The number of nitrogens with two attached hydrogens (primary N) is 2. The van der Waals surface area contributed by atoms with Crippen LogP contribution in [0.25, 0.3) is 11.6 Å². The second-order valence-electron chi connectivity index (χ2n) is 7.64. The Bertz CT molecular complexity index is 849. The third-order valence-electron chi connectivity index (χ3n) is 5.36. The van der Waals surface area contributed by atoms with E-state index in [1.54, 1.807) is 0 Å². The third kappa shape index (κ3) is 6.18. The van der Waals surface area contributed by atoms with Crippen molar-refractivity contribution in [2.45, 2.75) is 44.6 Å². The van der Waals surface area contributed by atoms with Crippen LogP contribution in [0.5, 0.6) is 5.75 Å². The van der Waals surface area contributed by atoms with Crippen LogP contribution in [0.4, 0.5) is 0 Å². The fourth-order valence-corrected chi connectivity index (χ4v) is 3.63. The van der Waals surface area contributed by atoms with E-state index in [9.17, 15) is 4.79 Å². The molecule has 1 atom stereocenters. The molecule has 0 aliphatic heterocycles. The molecule has 0 radical (unpaired) electrons. The van der Waals surface area contributed by atoms with Crippen molar-refractivity contribution >= 4 is 17.6 Å². The van der Waals surface area contributed by atoms with Gasteiger partial charge in [-0.1, -0.05) is 42.5 Å². The Balaban J connectivity index is 1.53. The maximum absolute atomic E-state index is 11.5. The zero-order chi connectivity index (χ0) is 21.2. The molecule has 1 aliphatic rings. The van der Waals surface area contributed by atoms with Gasteiger partial charge in [0.05, 0.1) is 13.2 Å². The molecule has 4 N–H and O–H groups in total. The highest BCUT2D eigenvalue weighted by Gasteiger charge is 2.14. The Kier molecular flexibility index (Phi) is 8.48. The summed E-state index contributed by atoms with van der Waals surface area (Å²) in [6.45, 7) is 1.12. The molecule has 160 valence electrons. The summed E-state index contributed by atoms with van der Waals surface area (Å²) in [6.07, 6.45) is 8.19. The summed E-state index contributed by atoms with van der Waals surface area (Å²) in [5.41, 5.74) is 16.1. The molecule has 0 amide bonds. The Morgan fingerprint density at radius 2 is 1.77 bits per heavy atom. The van der Waals surface area contributed by atoms with Gasteiger partial charge in [-0.25, -0.2) is 0 Å². The minimum atomic E-state index is -0.726. The normalized spacial score (nSPS) is 14.3. The molecular weight excluding hydrogens is 376 g/mol. The highest BCUT2D eigenvalue weighted by molar-refractivity contribution is 5.84. The Labute approximate surface area is 179 Å². The van der Waals surface area contributed by atoms with Crippen LogP contribution >= 0.6 is 0 Å². The molecule has 2 aromatic rings. The highest BCUT2D eigenvalue weighted by Crippen LogP contribution is 2.34. The maximum Gasteiger partial charge on any atom is 0.324 e. The van der Waals surface area contributed by atoms with Gasteiger partial charge in [-0.15, -0.1) is 0 Å². The van der Waals surface area contributed by atoms with E-state index in [-0.39, 0.29) is 6.54 Å². The lowest BCUT2D eigenvalue weighted by atomic mass is 10.0. The standard InChI is InChI=1S/C25H32N2O3/c26-18-23(27)25(28)30-16-6-2-5-15-29-24-14-8-12-20-11-7-13-21(17-22(20)24)19-9-3-1-4-10-19/h1,3-4,8-10,12,14,17,23H,2,5-7,11,13,15-16,18,26-27H2. The molecule has 0 spiro atoms. The molecular formula is C25H32N2O3. The van der Waals surface area contributed by atoms with Crippen LogP contribution in [-0.4, -0.2) is 31.8 Å². The molecule has 0 bridgehead atoms. The quantitative estimate of drug-likeness (QED) is 0.459. The van der Waals surface area contributed by atoms with Gasteiger partial charge < -0.3 is 20.9 Å². The van der Waals surface area contributed by atoms with Crippen LogP contribution in [0.15, 0.2) is 48.5 Å². The summed E-state index contributed by atoms with van der Waals surface area (Å²) in [7, 11) is 0. The van der Waals surface area contributed by atoms with Crippen LogP contribution in [0.2, 0.25) is 0 Å². The average Bonchev–Trinajstić information content (AvgIpc) is 3.01. The van der Waals surface area contributed by atoms with Gasteiger partial charge in [-0.2, -0.15) is 0 Å². The number of esters is 1. The molecule has 5 heteroatoms. The van der Waals surface area contributed by atoms with Crippen molar-refractivity contribution in [1.82, 2.24) is 0 Å². The number of aryl methyl sites for hydroxylation is 1. The highest BCUT2D eigenvalue weighted by atomic mass is 16.5. The SMILES string of the molecule is NCC(N)C(=O)OCCCCCOc1cccc2c1C=C(c1ccccc1)CCC2. The number of unbranched alkanes of at least 4 members (excludes halogenated alkanes) is 2. The number of rotatable bonds is 10. The lowest BCUT2D eigenvalue weighted by molar-refractivity contribution is -0.145. The molecule has 0 saturated carbocycles. The summed E-state index contributed by atoms with van der Waals surface area (Å²) in [5.74, 6) is 0.518. The zero-order valence-electron chi connectivity index (χ0n) is 17.5. The van der Waals surface area contributed by atoms with Gasteiger partial charge >= 0.3 is 5.97 Å². The number of hydrogen-bond donors (Lipinski definition) is 2. The molecule has 0 aromatic heterocycles. The van der Waals surface area contributed by atoms with Crippen LogP contribution in [0.1, 0.15) is 48.8 Å². The van der Waals surface area contributed by atoms with Crippen molar-refractivity contribution in [3.05, 3.63) is 65.2 Å². The van der Waals surface area contributed by atoms with E-state index in [0.717, 1.165) is 44.3 Å². The minimum absolute atomic E-state index is 0.106. The molecule has 3 rings (SSSR count). The second kappa shape index (κ2) is 11.5. The number of fused-ring (bicyclic) bond motifs is 1. The zero-order valence-corrected chi connectivity index (χ0v) is 17.5. The van der Waals surface area contributed by atoms with Crippen molar-refractivity contribution in [1.29, 1.82) is 0 Å². The van der Waals surface area contributed by atoms with E-state index >= 15 is 0 Å². The number of ether oxygens (including phenoxy) is 2. The van der Waals surface area contributed by atoms with E-state index in [4.69, 9.17) is 20.9 Å². The smallest absolute Gasteiger partial charge is 0.324 e. The largest absolute Gasteiger partial charge is 0.493 e. The van der Waals surface area contributed by atoms with Crippen molar-refractivity contribution in [2.75, 3.05) is 19.8 Å². The summed E-state index contributed by atoms with van der Waals surface area (Å²) in [4.78, 5) is 11.5. The fraction of sp³-hybridized carbons (Fsp3) is 0.400. The molecule has 0 fully saturated rings. The monoisotopic (exact) mass is 408 g/mol. The first-order valence-electron chi connectivity index (χ1n) is 10.8. The van der Waals surface area contributed by atoms with Gasteiger partial charge in [0.2, 0.25) is 0 Å². The molecule has 0 saturated heterocycles. The van der Waals surface area contributed by atoms with Crippen molar-refractivity contribution in [3.63, 3.8) is 0 Å². The molecule has 30 heavy (non-hydrogen) atoms. The minimum Gasteiger partial charge on any atom is -0.493 e. The topological polar surface area (TPSA) is 87.6 Å². The Morgan fingerprint density at radius 1 is 0.967 bits per heavy atom. The number of benzene rings is 2. The molecule has 1 unspecified atom stereocenters. The number of hydrogen-bond acceptors (Lipinski definition) is 5. The lowest BCUT2D eigenvalue weighted by Gasteiger charge is -2.13. The van der Waals surface area contributed by atoms with Crippen LogP contribution in [0.3, 0.4) is 0 Å². The molecule has 1 aliphatic carbocycles.